The number of unbranched alkanes of at least 4 members (excludes halogenated alkanes) is 22. The van der Waals surface area contributed by atoms with Crippen LogP contribution in [-0.2, 0) is 19.1 Å². The summed E-state index contributed by atoms with van der Waals surface area (Å²) in [6.07, 6.45) is 41.8. The zero-order valence-electron chi connectivity index (χ0n) is 32.3. The lowest BCUT2D eigenvalue weighted by Gasteiger charge is -2.39. The van der Waals surface area contributed by atoms with E-state index in [1.165, 1.54) is 141 Å². The summed E-state index contributed by atoms with van der Waals surface area (Å²) >= 11 is 0. The average Bonchev–Trinajstić information content (AvgIpc) is 3.04. The molecule has 5 nitrogen and oxygen atoms in total. The Hall–Kier alpha value is -1.62. The Morgan fingerprint density at radius 3 is 1.00 bits per heavy atom. The summed E-state index contributed by atoms with van der Waals surface area (Å²) in [4.78, 5) is 25.0. The summed E-state index contributed by atoms with van der Waals surface area (Å²) in [5, 5.41) is 0. The molecular formula is C42H80NO4+. The topological polar surface area (TPSA) is 52.6 Å². The SMILES string of the molecule is CCCCCCCCC=CCCCCCCCC(=O)OC(C)[N+](C)(C)C(C)OC(=O)CCCCCCCC=CCCCCCCCC. The Morgan fingerprint density at radius 2 is 0.702 bits per heavy atom. The molecule has 0 amide bonds. The van der Waals surface area contributed by atoms with Crippen LogP contribution < -0.4 is 0 Å². The van der Waals surface area contributed by atoms with Gasteiger partial charge in [-0.2, -0.15) is 0 Å². The number of nitrogens with zero attached hydrogens (tertiary/aromatic N) is 1. The Morgan fingerprint density at radius 1 is 0.447 bits per heavy atom. The van der Waals surface area contributed by atoms with Crippen LogP contribution in [0, 0.1) is 0 Å². The first-order valence-corrected chi connectivity index (χ1v) is 20.3. The first-order valence-electron chi connectivity index (χ1n) is 20.3. The summed E-state index contributed by atoms with van der Waals surface area (Å²) in [5.74, 6) is -0.318. The van der Waals surface area contributed by atoms with Crippen LogP contribution in [0.25, 0.3) is 0 Å². The molecule has 0 rings (SSSR count). The molecule has 0 fully saturated rings. The molecule has 0 aliphatic carbocycles. The van der Waals surface area contributed by atoms with E-state index in [-0.39, 0.29) is 24.4 Å². The predicted octanol–water partition coefficient (Wildman–Crippen LogP) is 12.9. The van der Waals surface area contributed by atoms with Gasteiger partial charge in [0.25, 0.3) is 0 Å². The maximum absolute atomic E-state index is 12.5. The molecule has 0 aliphatic heterocycles. The molecule has 0 saturated carbocycles. The van der Waals surface area contributed by atoms with Gasteiger partial charge in [0.15, 0.2) is 0 Å². The second kappa shape index (κ2) is 32.9. The minimum Gasteiger partial charge on any atom is -0.413 e. The molecule has 0 bridgehead atoms. The van der Waals surface area contributed by atoms with Gasteiger partial charge >= 0.3 is 11.9 Å². The van der Waals surface area contributed by atoms with Crippen molar-refractivity contribution in [3.63, 3.8) is 0 Å². The number of ether oxygens (including phenoxy) is 2. The normalized spacial score (nSPS) is 13.4. The number of carbonyl (C=O) groups excluding carboxylic acids is 2. The van der Waals surface area contributed by atoms with Crippen molar-refractivity contribution in [2.45, 2.75) is 220 Å². The van der Waals surface area contributed by atoms with E-state index >= 15 is 0 Å². The highest BCUT2D eigenvalue weighted by atomic mass is 16.6. The molecule has 0 aromatic heterocycles. The lowest BCUT2D eigenvalue weighted by atomic mass is 10.1. The number of rotatable bonds is 34. The molecule has 0 aromatic rings. The first-order chi connectivity index (χ1) is 22.8. The molecule has 0 radical (unpaired) electrons. The lowest BCUT2D eigenvalue weighted by molar-refractivity contribution is -0.971. The van der Waals surface area contributed by atoms with Crippen molar-refractivity contribution >= 4 is 11.9 Å². The van der Waals surface area contributed by atoms with E-state index in [1.54, 1.807) is 0 Å². The fourth-order valence-corrected chi connectivity index (χ4v) is 5.75. The highest BCUT2D eigenvalue weighted by Gasteiger charge is 2.35. The van der Waals surface area contributed by atoms with Crippen LogP contribution in [0.3, 0.4) is 0 Å². The van der Waals surface area contributed by atoms with Crippen molar-refractivity contribution in [3.8, 4) is 0 Å². The van der Waals surface area contributed by atoms with Gasteiger partial charge in [0.05, 0.1) is 14.1 Å². The van der Waals surface area contributed by atoms with E-state index in [0.29, 0.717) is 17.3 Å². The molecule has 0 aromatic carbocycles. The third-order valence-corrected chi connectivity index (χ3v) is 9.76. The minimum absolute atomic E-state index is 0.159. The van der Waals surface area contributed by atoms with E-state index in [1.807, 2.05) is 27.9 Å². The highest BCUT2D eigenvalue weighted by molar-refractivity contribution is 5.69. The van der Waals surface area contributed by atoms with Gasteiger partial charge in [-0.3, -0.25) is 14.1 Å². The zero-order chi connectivity index (χ0) is 34.9. The quantitative estimate of drug-likeness (QED) is 0.0226. The monoisotopic (exact) mass is 663 g/mol. The second-order valence-corrected chi connectivity index (χ2v) is 14.5. The summed E-state index contributed by atoms with van der Waals surface area (Å²) in [7, 11) is 3.92. The summed E-state index contributed by atoms with van der Waals surface area (Å²) < 4.78 is 11.8. The van der Waals surface area contributed by atoms with Crippen molar-refractivity contribution in [2.24, 2.45) is 0 Å². The maximum Gasteiger partial charge on any atom is 0.310 e. The molecule has 0 N–H and O–H groups in total. The van der Waals surface area contributed by atoms with Gasteiger partial charge in [-0.15, -0.1) is 0 Å². The molecule has 2 atom stereocenters. The molecule has 0 aliphatic rings. The lowest BCUT2D eigenvalue weighted by Crippen LogP contribution is -2.56. The van der Waals surface area contributed by atoms with Gasteiger partial charge in [0.1, 0.15) is 0 Å². The van der Waals surface area contributed by atoms with Gasteiger partial charge in [-0.1, -0.05) is 141 Å². The largest absolute Gasteiger partial charge is 0.413 e. The molecule has 0 heterocycles. The summed E-state index contributed by atoms with van der Waals surface area (Å²) in [5.41, 5.74) is 0. The smallest absolute Gasteiger partial charge is 0.310 e. The van der Waals surface area contributed by atoms with Crippen molar-refractivity contribution in [3.05, 3.63) is 24.3 Å². The van der Waals surface area contributed by atoms with Gasteiger partial charge < -0.3 is 9.47 Å². The average molecular weight is 663 g/mol. The minimum atomic E-state index is -0.381. The van der Waals surface area contributed by atoms with Crippen LogP contribution in [0.4, 0.5) is 0 Å². The van der Waals surface area contributed by atoms with E-state index in [0.717, 1.165) is 25.7 Å². The number of hydrogen-bond donors (Lipinski definition) is 0. The fourth-order valence-electron chi connectivity index (χ4n) is 5.75. The third-order valence-electron chi connectivity index (χ3n) is 9.76. The van der Waals surface area contributed by atoms with E-state index in [2.05, 4.69) is 38.2 Å². The molecular weight excluding hydrogens is 582 g/mol. The zero-order valence-corrected chi connectivity index (χ0v) is 32.3. The van der Waals surface area contributed by atoms with Crippen molar-refractivity contribution in [1.82, 2.24) is 0 Å². The van der Waals surface area contributed by atoms with Crippen molar-refractivity contribution in [2.75, 3.05) is 14.1 Å². The molecule has 0 spiro atoms. The predicted molar refractivity (Wildman–Crippen MR) is 202 cm³/mol. The second-order valence-electron chi connectivity index (χ2n) is 14.5. The van der Waals surface area contributed by atoms with Crippen LogP contribution in [0.5, 0.6) is 0 Å². The van der Waals surface area contributed by atoms with E-state index < -0.39 is 0 Å². The van der Waals surface area contributed by atoms with Crippen molar-refractivity contribution < 1.29 is 23.5 Å². The number of allylic oxidation sites excluding steroid dienone is 4. The standard InChI is InChI=1S/C42H80NO4/c1-7-9-11-13-15-17-19-21-23-25-27-29-31-33-35-37-41(44)46-39(3)43(5,6)40(4)47-42(45)38-36-34-32-30-28-26-24-22-20-18-16-14-12-10-8-2/h21-24,39-40H,7-20,25-38H2,1-6H3/q+1. The highest BCUT2D eigenvalue weighted by Crippen LogP contribution is 2.18. The Labute approximate surface area is 293 Å². The van der Waals surface area contributed by atoms with Gasteiger partial charge in [-0.25, -0.2) is 0 Å². The fraction of sp³-hybridized carbons (Fsp3) is 0.857. The van der Waals surface area contributed by atoms with E-state index in [4.69, 9.17) is 9.47 Å². The summed E-state index contributed by atoms with van der Waals surface area (Å²) in [6, 6.07) is 0. The number of quaternary nitrogens is 1. The first kappa shape index (κ1) is 45.4. The Balaban J connectivity index is 3.84. The number of hydrogen-bond acceptors (Lipinski definition) is 4. The molecule has 276 valence electrons. The third kappa shape index (κ3) is 29.1. The number of esters is 2. The maximum atomic E-state index is 12.5. The molecule has 47 heavy (non-hydrogen) atoms. The van der Waals surface area contributed by atoms with Crippen molar-refractivity contribution in [1.29, 1.82) is 0 Å². The van der Waals surface area contributed by atoms with Gasteiger partial charge in [0.2, 0.25) is 12.5 Å². The summed E-state index contributed by atoms with van der Waals surface area (Å²) in [6.45, 7) is 8.32. The van der Waals surface area contributed by atoms with Crippen LogP contribution >= 0.6 is 0 Å². The van der Waals surface area contributed by atoms with Gasteiger partial charge in [-0.05, 0) is 64.2 Å². The molecule has 2 unspecified atom stereocenters. The molecule has 5 heteroatoms. The Kier molecular flexibility index (Phi) is 31.8. The van der Waals surface area contributed by atoms with Crippen LogP contribution in [0.15, 0.2) is 24.3 Å². The number of carbonyl (C=O) groups is 2. The van der Waals surface area contributed by atoms with Crippen LogP contribution in [-0.4, -0.2) is 43.0 Å². The van der Waals surface area contributed by atoms with Crippen LogP contribution in [0.2, 0.25) is 0 Å². The van der Waals surface area contributed by atoms with Gasteiger partial charge in [0, 0.05) is 26.7 Å². The van der Waals surface area contributed by atoms with Crippen LogP contribution in [0.1, 0.15) is 207 Å². The van der Waals surface area contributed by atoms with E-state index in [9.17, 15) is 9.59 Å². The molecule has 0 saturated heterocycles. The Bertz CT molecular complexity index is 713.